The van der Waals surface area contributed by atoms with Gasteiger partial charge in [0.25, 0.3) is 0 Å². The van der Waals surface area contributed by atoms with Crippen molar-refractivity contribution in [1.29, 1.82) is 0 Å². The molecule has 0 saturated heterocycles. The van der Waals surface area contributed by atoms with E-state index in [1.807, 2.05) is 11.3 Å². The molecular weight excluding hydrogens is 973 g/mol. The second-order valence-electron chi connectivity index (χ2n) is 22.3. The molecule has 3 aliphatic rings. The summed E-state index contributed by atoms with van der Waals surface area (Å²) in [6.45, 7) is 4.74. The maximum Gasteiger partial charge on any atom is 0.0725 e. The zero-order valence-corrected chi connectivity index (χ0v) is 44.5. The summed E-state index contributed by atoms with van der Waals surface area (Å²) < 4.78 is 5.18. The number of anilines is 3. The summed E-state index contributed by atoms with van der Waals surface area (Å²) >= 11 is 1.91. The molecule has 0 aliphatic heterocycles. The van der Waals surface area contributed by atoms with Gasteiger partial charge in [-0.05, 0) is 144 Å². The molecule has 0 N–H and O–H groups in total. The van der Waals surface area contributed by atoms with Crippen LogP contribution in [0.3, 0.4) is 0 Å². The molecule has 2 heterocycles. The average Bonchev–Trinajstić information content (AvgIpc) is 4.34. The normalized spacial score (nSPS) is 15.1. The predicted molar refractivity (Wildman–Crippen MR) is 333 cm³/mol. The molecule has 0 amide bonds. The van der Waals surface area contributed by atoms with Gasteiger partial charge in [0.1, 0.15) is 0 Å². The lowest BCUT2D eigenvalue weighted by atomic mass is 9.70. The summed E-state index contributed by atoms with van der Waals surface area (Å²) in [6, 6.07) is 101. The topological polar surface area (TPSA) is 8.17 Å². The molecule has 1 spiro atoms. The minimum absolute atomic E-state index is 0.148. The third kappa shape index (κ3) is 6.11. The molecule has 370 valence electrons. The van der Waals surface area contributed by atoms with Crippen LogP contribution >= 0.6 is 11.3 Å². The number of thiophene rings is 1. The van der Waals surface area contributed by atoms with Crippen LogP contribution < -0.4 is 4.90 Å². The number of rotatable bonds is 6. The molecule has 2 aromatic heterocycles. The number of hydrogen-bond acceptors (Lipinski definition) is 2. The zero-order chi connectivity index (χ0) is 52.1. The molecule has 17 rings (SSSR count). The van der Waals surface area contributed by atoms with Crippen LogP contribution in [0.2, 0.25) is 0 Å². The van der Waals surface area contributed by atoms with Gasteiger partial charge < -0.3 is 9.47 Å². The van der Waals surface area contributed by atoms with Crippen LogP contribution in [0.25, 0.3) is 103 Å². The molecule has 79 heavy (non-hydrogen) atoms. The molecule has 3 heteroatoms. The lowest BCUT2D eigenvalue weighted by molar-refractivity contribution is 0.660. The lowest BCUT2D eigenvalue weighted by Crippen LogP contribution is -2.25. The highest BCUT2D eigenvalue weighted by molar-refractivity contribution is 7.26. The largest absolute Gasteiger partial charge is 0.310 e. The summed E-state index contributed by atoms with van der Waals surface area (Å²) in [5, 5.41) is 5.10. The molecule has 0 fully saturated rings. The van der Waals surface area contributed by atoms with E-state index < -0.39 is 5.41 Å². The maximum atomic E-state index is 2.52. The van der Waals surface area contributed by atoms with E-state index in [2.05, 4.69) is 290 Å². The minimum atomic E-state index is -0.503. The van der Waals surface area contributed by atoms with Gasteiger partial charge in [-0.15, -0.1) is 11.3 Å². The van der Waals surface area contributed by atoms with Crippen molar-refractivity contribution in [2.75, 3.05) is 4.90 Å². The van der Waals surface area contributed by atoms with Gasteiger partial charge in [0.2, 0.25) is 0 Å². The Morgan fingerprint density at radius 3 is 1.72 bits per heavy atom. The lowest BCUT2D eigenvalue weighted by Gasteiger charge is -2.30. The maximum absolute atomic E-state index is 2.52. The number of aromatic nitrogens is 1. The third-order valence-corrected chi connectivity index (χ3v) is 19.2. The van der Waals surface area contributed by atoms with Gasteiger partial charge in [-0.25, -0.2) is 0 Å². The van der Waals surface area contributed by atoms with E-state index in [9.17, 15) is 0 Å². The Hall–Kier alpha value is -9.54. The van der Waals surface area contributed by atoms with E-state index in [1.165, 1.54) is 125 Å². The smallest absolute Gasteiger partial charge is 0.0725 e. The van der Waals surface area contributed by atoms with Crippen molar-refractivity contribution in [3.05, 3.63) is 300 Å². The van der Waals surface area contributed by atoms with Crippen LogP contribution in [0.1, 0.15) is 47.2 Å². The second-order valence-corrected chi connectivity index (χ2v) is 23.3. The third-order valence-electron chi connectivity index (χ3n) is 18.0. The second kappa shape index (κ2) is 16.5. The number of nitrogens with zero attached hydrogens (tertiary/aromatic N) is 2. The number of para-hydroxylation sites is 1. The first-order valence-corrected chi connectivity index (χ1v) is 28.4. The van der Waals surface area contributed by atoms with Crippen molar-refractivity contribution < 1.29 is 0 Å². The molecular formula is C76H50N2S. The molecule has 1 atom stereocenters. The number of hydrogen-bond donors (Lipinski definition) is 0. The summed E-state index contributed by atoms with van der Waals surface area (Å²) in [5.41, 5.74) is 27.1. The van der Waals surface area contributed by atoms with Crippen LogP contribution in [0, 0.1) is 0 Å². The van der Waals surface area contributed by atoms with Gasteiger partial charge in [0.05, 0.1) is 16.4 Å². The fourth-order valence-corrected chi connectivity index (χ4v) is 15.8. The van der Waals surface area contributed by atoms with E-state index in [0.717, 1.165) is 28.3 Å². The van der Waals surface area contributed by atoms with E-state index in [4.69, 9.17) is 0 Å². The van der Waals surface area contributed by atoms with E-state index in [-0.39, 0.29) is 5.41 Å². The summed E-state index contributed by atoms with van der Waals surface area (Å²) in [6.07, 6.45) is 0. The Morgan fingerprint density at radius 2 is 0.886 bits per heavy atom. The van der Waals surface area contributed by atoms with Crippen LogP contribution in [0.15, 0.2) is 267 Å². The van der Waals surface area contributed by atoms with Crippen LogP contribution in [-0.2, 0) is 10.8 Å². The van der Waals surface area contributed by atoms with Gasteiger partial charge in [-0.1, -0.05) is 220 Å². The Morgan fingerprint density at radius 1 is 0.329 bits per heavy atom. The van der Waals surface area contributed by atoms with Crippen molar-refractivity contribution in [1.82, 2.24) is 4.57 Å². The molecule has 14 aromatic rings. The standard InChI is InChI=1S/C76H50N2S/c1-75(2)64-28-11-6-20-53(64)55-41-38-51(45-69(55)75)77(49-36-34-48(35-37-49)47-18-4-3-5-19-47)52-39-42-57-56-22-9-14-32-70(56)78(71(57)46-52)50-40-43-67-63(44-50)54-21-7-12-29-65(54)76(67)66-30-13-8-24-62(66)73-59(25-17-31-68(73)76)61-27-16-26-60-58-23-10-15-33-72(58)79-74(60)61/h3-46H,1-2H3. The Balaban J connectivity index is 0.860. The van der Waals surface area contributed by atoms with E-state index in [0.29, 0.717) is 0 Å². The molecule has 0 radical (unpaired) electrons. The Kier molecular flexibility index (Phi) is 9.30. The Bertz CT molecular complexity index is 4880. The molecule has 3 aliphatic carbocycles. The Labute approximate surface area is 463 Å². The van der Waals surface area contributed by atoms with Gasteiger partial charge >= 0.3 is 0 Å². The van der Waals surface area contributed by atoms with E-state index in [1.54, 1.807) is 0 Å². The fraction of sp³-hybridized carbons (Fsp3) is 0.0526. The van der Waals surface area contributed by atoms with Crippen LogP contribution in [-0.4, -0.2) is 4.57 Å². The van der Waals surface area contributed by atoms with Gasteiger partial charge in [-0.2, -0.15) is 0 Å². The number of fused-ring (bicyclic) bond motifs is 19. The van der Waals surface area contributed by atoms with Gasteiger partial charge in [0, 0.05) is 64.7 Å². The van der Waals surface area contributed by atoms with Gasteiger partial charge in [0.15, 0.2) is 0 Å². The van der Waals surface area contributed by atoms with E-state index >= 15 is 0 Å². The zero-order valence-electron chi connectivity index (χ0n) is 43.7. The van der Waals surface area contributed by atoms with Crippen molar-refractivity contribution in [2.24, 2.45) is 0 Å². The van der Waals surface area contributed by atoms with Crippen molar-refractivity contribution in [2.45, 2.75) is 24.7 Å². The summed E-state index contributed by atoms with van der Waals surface area (Å²) in [5.74, 6) is 0. The molecule has 2 nitrogen and oxygen atoms in total. The van der Waals surface area contributed by atoms with Gasteiger partial charge in [-0.3, -0.25) is 0 Å². The monoisotopic (exact) mass is 1020 g/mol. The van der Waals surface area contributed by atoms with Crippen molar-refractivity contribution in [3.63, 3.8) is 0 Å². The molecule has 0 saturated carbocycles. The van der Waals surface area contributed by atoms with Crippen LogP contribution in [0.5, 0.6) is 0 Å². The first-order valence-electron chi connectivity index (χ1n) is 27.6. The fourth-order valence-electron chi connectivity index (χ4n) is 14.6. The predicted octanol–water partition coefficient (Wildman–Crippen LogP) is 20.6. The van der Waals surface area contributed by atoms with Crippen molar-refractivity contribution in [3.8, 4) is 61.3 Å². The first kappa shape index (κ1) is 44.6. The first-order chi connectivity index (χ1) is 38.9. The average molecular weight is 1020 g/mol. The SMILES string of the molecule is CC1(C)c2ccccc2-c2ccc(N(c3ccc(-c4ccccc4)cc3)c3ccc4c5ccccc5n(-c5ccc6c(c5)-c5ccccc5C65c6ccccc6-c6c(-c7cccc8c7sc7ccccc78)cccc65)c4c3)cc21. The van der Waals surface area contributed by atoms with Crippen LogP contribution in [0.4, 0.5) is 17.1 Å². The highest BCUT2D eigenvalue weighted by atomic mass is 32.1. The summed E-state index contributed by atoms with van der Waals surface area (Å²) in [4.78, 5) is 2.46. The highest BCUT2D eigenvalue weighted by Gasteiger charge is 2.52. The highest BCUT2D eigenvalue weighted by Crippen LogP contribution is 2.65. The minimum Gasteiger partial charge on any atom is -0.310 e. The summed E-state index contributed by atoms with van der Waals surface area (Å²) in [7, 11) is 0. The number of benzene rings is 12. The van der Waals surface area contributed by atoms with Crippen molar-refractivity contribution >= 4 is 70.4 Å². The quantitative estimate of drug-likeness (QED) is 0.161. The molecule has 0 bridgehead atoms. The molecule has 12 aromatic carbocycles. The molecule has 1 unspecified atom stereocenters.